The molecule has 4 rings (SSSR count). The first-order valence-electron chi connectivity index (χ1n) is 10.3. The Bertz CT molecular complexity index is 957. The molecule has 1 amide bonds. The molecule has 1 aliphatic heterocycles. The molecule has 0 unspecified atom stereocenters. The average molecular weight is 393 g/mol. The zero-order valence-corrected chi connectivity index (χ0v) is 16.7. The second-order valence-corrected chi connectivity index (χ2v) is 8.05. The molecule has 0 spiro atoms. The third kappa shape index (κ3) is 4.09. The van der Waals surface area contributed by atoms with Gasteiger partial charge in [-0.05, 0) is 31.9 Å². The van der Waals surface area contributed by atoms with E-state index in [9.17, 15) is 9.59 Å². The number of nitrogens with one attached hydrogen (secondary N) is 3. The molecule has 1 aromatic carbocycles. The minimum absolute atomic E-state index is 0.00218. The number of carbonyl (C=O) groups is 1. The highest BCUT2D eigenvalue weighted by atomic mass is 16.2. The Morgan fingerprint density at radius 3 is 2.52 bits per heavy atom. The monoisotopic (exact) mass is 393 g/mol. The van der Waals surface area contributed by atoms with Crippen molar-refractivity contribution in [2.24, 2.45) is 0 Å². The van der Waals surface area contributed by atoms with Crippen LogP contribution >= 0.6 is 0 Å². The minimum Gasteiger partial charge on any atom is -0.367 e. The van der Waals surface area contributed by atoms with Gasteiger partial charge in [-0.25, -0.2) is 4.98 Å². The lowest BCUT2D eigenvalue weighted by molar-refractivity contribution is 0.0594. The molecule has 0 bridgehead atoms. The topological polar surface area (TPSA) is 102 Å². The van der Waals surface area contributed by atoms with Gasteiger partial charge in [-0.3, -0.25) is 9.59 Å². The molecule has 2 heterocycles. The van der Waals surface area contributed by atoms with Crippen molar-refractivity contribution in [2.75, 3.05) is 18.4 Å². The van der Waals surface area contributed by atoms with Crippen LogP contribution in [0.5, 0.6) is 0 Å². The summed E-state index contributed by atoms with van der Waals surface area (Å²) in [6, 6.07) is 9.50. The van der Waals surface area contributed by atoms with Crippen LogP contribution in [0.25, 0.3) is 0 Å². The van der Waals surface area contributed by atoms with Crippen LogP contribution < -0.4 is 10.9 Å². The number of carbonyl (C=O) groups excluding carboxylic acids is 1. The lowest BCUT2D eigenvalue weighted by atomic mass is 9.95. The van der Waals surface area contributed by atoms with Gasteiger partial charge < -0.3 is 20.6 Å². The van der Waals surface area contributed by atoms with Crippen molar-refractivity contribution >= 4 is 17.4 Å². The Kier molecular flexibility index (Phi) is 5.47. The molecule has 3 N–H and O–H groups in total. The molecule has 0 atom stereocenters. The van der Waals surface area contributed by atoms with E-state index in [1.54, 1.807) is 11.8 Å². The second-order valence-electron chi connectivity index (χ2n) is 8.05. The summed E-state index contributed by atoms with van der Waals surface area (Å²) in [5, 5.41) is 11.4. The van der Waals surface area contributed by atoms with Gasteiger partial charge >= 0.3 is 0 Å². The summed E-state index contributed by atoms with van der Waals surface area (Å²) >= 11 is 0. The van der Waals surface area contributed by atoms with Gasteiger partial charge in [0.25, 0.3) is 11.5 Å². The van der Waals surface area contributed by atoms with Gasteiger partial charge in [0, 0.05) is 30.4 Å². The molecular weight excluding hydrogens is 366 g/mol. The van der Waals surface area contributed by atoms with Gasteiger partial charge in [-0.15, -0.1) is 0 Å². The van der Waals surface area contributed by atoms with Gasteiger partial charge in [0.15, 0.2) is 0 Å². The molecule has 1 saturated carbocycles. The van der Waals surface area contributed by atoms with Gasteiger partial charge in [-0.1, -0.05) is 37.5 Å². The first-order chi connectivity index (χ1) is 14.0. The summed E-state index contributed by atoms with van der Waals surface area (Å²) < 4.78 is 0. The fourth-order valence-electron chi connectivity index (χ4n) is 4.16. The van der Waals surface area contributed by atoms with Gasteiger partial charge in [0.05, 0.1) is 5.92 Å². The lowest BCUT2D eigenvalue weighted by Gasteiger charge is -2.38. The van der Waals surface area contributed by atoms with Gasteiger partial charge in [0.1, 0.15) is 17.2 Å². The maximum atomic E-state index is 12.7. The maximum Gasteiger partial charge on any atom is 0.262 e. The predicted octanol–water partition coefficient (Wildman–Crippen LogP) is 3.14. The molecule has 2 aromatic rings. The van der Waals surface area contributed by atoms with Gasteiger partial charge in [-0.2, -0.15) is 0 Å². The number of aromatic nitrogens is 2. The van der Waals surface area contributed by atoms with E-state index < -0.39 is 0 Å². The molecule has 152 valence electrons. The summed E-state index contributed by atoms with van der Waals surface area (Å²) in [5.41, 5.74) is 0.907. The largest absolute Gasteiger partial charge is 0.367 e. The Hall–Kier alpha value is -2.96. The molecule has 0 radical (unpaired) electrons. The molecule has 7 nitrogen and oxygen atoms in total. The highest BCUT2D eigenvalue weighted by Gasteiger charge is 2.34. The quantitative estimate of drug-likeness (QED) is 0.679. The Labute approximate surface area is 170 Å². The highest BCUT2D eigenvalue weighted by molar-refractivity contribution is 6.00. The Morgan fingerprint density at radius 1 is 1.17 bits per heavy atom. The molecule has 7 heteroatoms. The smallest absolute Gasteiger partial charge is 0.262 e. The first kappa shape index (κ1) is 19.4. The maximum absolute atomic E-state index is 12.7. The standard InChI is InChI=1S/C22H27N5O2/c1-14(23)18-20(24-17-10-6-3-7-11-17)25-19(26-21(18)28)16-12-27(13-16)22(29)15-8-4-2-5-9-15/h2,4-5,8-9,16-17,23H,3,6-7,10-13H2,1H3,(H2,24,25,26,28). The fraction of sp³-hybridized carbons (Fsp3) is 0.455. The van der Waals surface area contributed by atoms with E-state index in [1.807, 2.05) is 30.3 Å². The van der Waals surface area contributed by atoms with Crippen molar-refractivity contribution in [2.45, 2.75) is 51.0 Å². The number of benzene rings is 1. The molecule has 2 aliphatic rings. The van der Waals surface area contributed by atoms with Crippen molar-refractivity contribution in [3.05, 3.63) is 57.6 Å². The van der Waals surface area contributed by atoms with E-state index in [0.717, 1.165) is 12.8 Å². The summed E-state index contributed by atoms with van der Waals surface area (Å²) in [6.07, 6.45) is 5.71. The van der Waals surface area contributed by atoms with E-state index >= 15 is 0 Å². The average Bonchev–Trinajstić information content (AvgIpc) is 2.67. The van der Waals surface area contributed by atoms with Crippen LogP contribution in [0, 0.1) is 5.41 Å². The number of hydrogen-bond donors (Lipinski definition) is 3. The van der Waals surface area contributed by atoms with E-state index in [-0.39, 0.29) is 23.1 Å². The van der Waals surface area contributed by atoms with Crippen LogP contribution in [-0.4, -0.2) is 45.6 Å². The zero-order chi connectivity index (χ0) is 20.4. The molecule has 1 aromatic heterocycles. The van der Waals surface area contributed by atoms with Crippen molar-refractivity contribution in [1.82, 2.24) is 14.9 Å². The second kappa shape index (κ2) is 8.19. The number of H-pyrrole nitrogens is 1. The van der Waals surface area contributed by atoms with Crippen molar-refractivity contribution in [3.8, 4) is 0 Å². The number of amides is 1. The molecule has 1 aliphatic carbocycles. The number of nitrogens with zero attached hydrogens (tertiary/aromatic N) is 2. The lowest BCUT2D eigenvalue weighted by Crippen LogP contribution is -2.49. The van der Waals surface area contributed by atoms with Crippen LogP contribution in [0.4, 0.5) is 5.82 Å². The van der Waals surface area contributed by atoms with E-state index in [0.29, 0.717) is 41.9 Å². The van der Waals surface area contributed by atoms with Crippen LogP contribution in [0.2, 0.25) is 0 Å². The van der Waals surface area contributed by atoms with Crippen LogP contribution in [0.3, 0.4) is 0 Å². The SMILES string of the molecule is CC(=N)c1c(NC2CCCCC2)nc(C2CN(C(=O)c3ccccc3)C2)[nH]c1=O. The minimum atomic E-state index is -0.284. The molecular formula is C22H27N5O2. The summed E-state index contributed by atoms with van der Waals surface area (Å²) in [5.74, 6) is 1.10. The van der Waals surface area contributed by atoms with Gasteiger partial charge in [0.2, 0.25) is 0 Å². The summed E-state index contributed by atoms with van der Waals surface area (Å²) in [7, 11) is 0. The Balaban J connectivity index is 1.52. The van der Waals surface area contributed by atoms with Crippen molar-refractivity contribution in [3.63, 3.8) is 0 Å². The Morgan fingerprint density at radius 2 is 1.86 bits per heavy atom. The fourth-order valence-corrected chi connectivity index (χ4v) is 4.16. The summed E-state index contributed by atoms with van der Waals surface area (Å²) in [4.78, 5) is 34.5. The summed E-state index contributed by atoms with van der Waals surface area (Å²) in [6.45, 7) is 2.67. The first-order valence-corrected chi connectivity index (χ1v) is 10.3. The predicted molar refractivity (Wildman–Crippen MR) is 113 cm³/mol. The van der Waals surface area contributed by atoms with Crippen LogP contribution in [0.15, 0.2) is 35.1 Å². The number of hydrogen-bond acceptors (Lipinski definition) is 5. The third-order valence-electron chi connectivity index (χ3n) is 5.83. The number of aromatic amines is 1. The van der Waals surface area contributed by atoms with E-state index in [4.69, 9.17) is 10.4 Å². The third-order valence-corrected chi connectivity index (χ3v) is 5.83. The van der Waals surface area contributed by atoms with Crippen LogP contribution in [-0.2, 0) is 0 Å². The van der Waals surface area contributed by atoms with E-state index in [1.165, 1.54) is 19.3 Å². The number of rotatable bonds is 5. The number of likely N-dealkylation sites (tertiary alicyclic amines) is 1. The molecule has 1 saturated heterocycles. The van der Waals surface area contributed by atoms with Crippen LogP contribution in [0.1, 0.15) is 66.7 Å². The molecule has 2 fully saturated rings. The number of anilines is 1. The van der Waals surface area contributed by atoms with E-state index in [2.05, 4.69) is 10.3 Å². The zero-order valence-electron chi connectivity index (χ0n) is 16.7. The van der Waals surface area contributed by atoms with Crippen molar-refractivity contribution in [1.29, 1.82) is 5.41 Å². The normalized spacial score (nSPS) is 17.6. The highest BCUT2D eigenvalue weighted by Crippen LogP contribution is 2.28. The van der Waals surface area contributed by atoms with Crippen molar-refractivity contribution < 1.29 is 4.79 Å². The molecule has 29 heavy (non-hydrogen) atoms.